The van der Waals surface area contributed by atoms with Crippen LogP contribution < -0.4 is 26.0 Å². The molecule has 0 amide bonds. The normalized spacial score (nSPS) is 10.5. The number of benzene rings is 12. The number of hydrogen-bond donors (Lipinski definition) is 4. The van der Waals surface area contributed by atoms with E-state index in [9.17, 15) is 0 Å². The van der Waals surface area contributed by atoms with Crippen molar-refractivity contribution in [3.63, 3.8) is 0 Å². The second-order valence-corrected chi connectivity index (χ2v) is 22.0. The number of rotatable bonds is 14. The van der Waals surface area contributed by atoms with Crippen molar-refractivity contribution in [2.75, 3.05) is 28.4 Å². The minimum Gasteiger partial charge on any atom is -0.497 e. The molecule has 0 fully saturated rings. The maximum atomic E-state index is 5.16. The van der Waals surface area contributed by atoms with Crippen LogP contribution in [-0.2, 0) is 5.41 Å². The summed E-state index contributed by atoms with van der Waals surface area (Å²) >= 11 is 0. The third kappa shape index (κ3) is 17.9. The van der Waals surface area contributed by atoms with Gasteiger partial charge in [-0.25, -0.2) is 4.98 Å². The van der Waals surface area contributed by atoms with Crippen LogP contribution in [0.1, 0.15) is 26.3 Å². The lowest BCUT2D eigenvalue weighted by Gasteiger charge is -2.19. The van der Waals surface area contributed by atoms with E-state index in [2.05, 4.69) is 314 Å². The first-order valence-corrected chi connectivity index (χ1v) is 29.7. The molecule has 88 heavy (non-hydrogen) atoms. The Hall–Kier alpha value is -11.2. The highest BCUT2D eigenvalue weighted by molar-refractivity contribution is 5.73. The van der Waals surface area contributed by atoms with Crippen LogP contribution in [0.4, 0.5) is 45.6 Å². The zero-order chi connectivity index (χ0) is 60.6. The molecule has 13 aromatic rings. The van der Waals surface area contributed by atoms with E-state index in [4.69, 9.17) is 4.74 Å². The monoisotopic (exact) mass is 1140 g/mol. The average Bonchev–Trinajstić information content (AvgIpc) is 3.64. The van der Waals surface area contributed by atoms with Crippen LogP contribution in [0.2, 0.25) is 0 Å². The Bertz CT molecular complexity index is 4010. The first-order chi connectivity index (χ1) is 43.2. The van der Waals surface area contributed by atoms with E-state index in [0.717, 1.165) is 51.4 Å². The van der Waals surface area contributed by atoms with Gasteiger partial charge in [0.1, 0.15) is 11.6 Å². The second kappa shape index (κ2) is 30.6. The van der Waals surface area contributed by atoms with E-state index in [1.165, 1.54) is 61.2 Å². The molecule has 6 heteroatoms. The molecule has 0 saturated carbocycles. The molecule has 13 rings (SSSR count). The number of ether oxygens (including phenoxy) is 1. The number of anilines is 8. The van der Waals surface area contributed by atoms with Crippen molar-refractivity contribution in [2.45, 2.75) is 26.2 Å². The molecular weight excluding hydrogens is 1070 g/mol. The summed E-state index contributed by atoms with van der Waals surface area (Å²) in [5.74, 6) is 1.72. The van der Waals surface area contributed by atoms with Crippen LogP contribution in [0.25, 0.3) is 55.6 Å². The first-order valence-electron chi connectivity index (χ1n) is 29.7. The molecule has 4 N–H and O–H groups in total. The van der Waals surface area contributed by atoms with Crippen molar-refractivity contribution in [2.24, 2.45) is 0 Å². The van der Waals surface area contributed by atoms with Gasteiger partial charge in [-0.3, -0.25) is 0 Å². The van der Waals surface area contributed by atoms with Gasteiger partial charge in [0.2, 0.25) is 0 Å². The van der Waals surface area contributed by atoms with Crippen molar-refractivity contribution < 1.29 is 4.74 Å². The molecule has 1 aromatic heterocycles. The lowest BCUT2D eigenvalue weighted by atomic mass is 9.87. The summed E-state index contributed by atoms with van der Waals surface area (Å²) in [6.45, 7) is 6.70. The van der Waals surface area contributed by atoms with Gasteiger partial charge in [-0.2, -0.15) is 0 Å². The van der Waals surface area contributed by atoms with Crippen molar-refractivity contribution in [1.29, 1.82) is 0 Å². The Morgan fingerprint density at radius 2 is 0.466 bits per heavy atom. The fraction of sp³-hybridized carbons (Fsp3) is 0.0610. The van der Waals surface area contributed by atoms with E-state index in [1.54, 1.807) is 13.3 Å². The molecule has 6 nitrogen and oxygen atoms in total. The molecule has 1 heterocycles. The number of aromatic nitrogens is 1. The first kappa shape index (κ1) is 59.9. The number of nitrogens with one attached hydrogen (secondary N) is 4. The van der Waals surface area contributed by atoms with Crippen LogP contribution in [0, 0.1) is 0 Å². The minimum absolute atomic E-state index is 0.190. The Balaban J connectivity index is 0.000000130. The minimum atomic E-state index is 0.190. The highest BCUT2D eigenvalue weighted by atomic mass is 16.5. The number of nitrogens with zero attached hydrogens (tertiary/aromatic N) is 1. The van der Waals surface area contributed by atoms with Gasteiger partial charge in [-0.05, 0) is 176 Å². The van der Waals surface area contributed by atoms with Gasteiger partial charge in [0.25, 0.3) is 0 Å². The van der Waals surface area contributed by atoms with Gasteiger partial charge in [0.05, 0.1) is 7.11 Å². The Morgan fingerprint density at radius 1 is 0.239 bits per heavy atom. The molecule has 0 saturated heterocycles. The summed E-state index contributed by atoms with van der Waals surface area (Å²) in [7, 11) is 1.67. The van der Waals surface area contributed by atoms with Crippen molar-refractivity contribution >= 4 is 45.6 Å². The predicted molar refractivity (Wildman–Crippen MR) is 375 cm³/mol. The van der Waals surface area contributed by atoms with Gasteiger partial charge < -0.3 is 26.0 Å². The predicted octanol–water partition coefficient (Wildman–Crippen LogP) is 22.8. The average molecular weight is 1140 g/mol. The van der Waals surface area contributed by atoms with Gasteiger partial charge in [-0.15, -0.1) is 0 Å². The van der Waals surface area contributed by atoms with Crippen LogP contribution in [0.15, 0.2) is 346 Å². The summed E-state index contributed by atoms with van der Waals surface area (Å²) in [5, 5.41) is 13.6. The quantitative estimate of drug-likeness (QED) is 0.0870. The van der Waals surface area contributed by atoms with Crippen LogP contribution in [0.5, 0.6) is 5.75 Å². The number of pyridine rings is 1. The number of hydrogen-bond acceptors (Lipinski definition) is 6. The van der Waals surface area contributed by atoms with Crippen molar-refractivity contribution in [3.05, 3.63) is 351 Å². The molecule has 0 atom stereocenters. The molecule has 12 aromatic carbocycles. The Kier molecular flexibility index (Phi) is 20.8. The fourth-order valence-corrected chi connectivity index (χ4v) is 9.70. The molecule has 0 bridgehead atoms. The largest absolute Gasteiger partial charge is 0.497 e. The van der Waals surface area contributed by atoms with Crippen LogP contribution in [-0.4, -0.2) is 12.1 Å². The molecule has 0 unspecified atom stereocenters. The molecule has 0 radical (unpaired) electrons. The zero-order valence-electron chi connectivity index (χ0n) is 50.3. The SMILES string of the molecule is CC(C)(C)c1ccc(Nc2ccc(-c3ccccc3)cc2)cc1.COc1ccc(Nc2ccc(-c3ccccc3)cc2)cc1.c1ccc(-c2ccc(Nc3ccc(-c4ccccc4)cc3)cc2)cc1.c1ccc(-c2ccc(Nc3ccccn3)cc2)cc1. The standard InChI is InChI=1S/C24H19N.C22H23N.C19H17NO.C17H14N2/c1-3-7-19(8-4-1)21-11-15-23(16-12-21)25-24-17-13-22(14-18-24)20-9-5-2-6-10-20;1-22(2,3)19-11-15-21(16-12-19)23-20-13-9-18(10-14-20)17-7-5-4-6-8-17;1-21-19-13-11-18(12-14-19)20-17-9-7-16(8-10-17)15-5-3-2-4-6-15;1-2-6-14(7-3-1)15-9-11-16(12-10-15)19-17-8-4-5-13-18-17/h1-18,25H;4-16,23H,1-3H3;2-14,20H,1H3;1-13H,(H,18,19). The van der Waals surface area contributed by atoms with E-state index < -0.39 is 0 Å². The summed E-state index contributed by atoms with van der Waals surface area (Å²) in [6.07, 6.45) is 1.78. The molecule has 0 aliphatic rings. The fourth-order valence-electron chi connectivity index (χ4n) is 9.70. The molecule has 432 valence electrons. The molecule has 0 spiro atoms. The highest BCUT2D eigenvalue weighted by Gasteiger charge is 2.13. The topological polar surface area (TPSA) is 70.2 Å². The van der Waals surface area contributed by atoms with E-state index in [1.807, 2.05) is 72.8 Å². The van der Waals surface area contributed by atoms with E-state index >= 15 is 0 Å². The van der Waals surface area contributed by atoms with Gasteiger partial charge in [-0.1, -0.05) is 251 Å². The van der Waals surface area contributed by atoms with Gasteiger partial charge in [0.15, 0.2) is 0 Å². The lowest BCUT2D eigenvalue weighted by Crippen LogP contribution is -2.10. The van der Waals surface area contributed by atoms with Crippen LogP contribution >= 0.6 is 0 Å². The highest BCUT2D eigenvalue weighted by Crippen LogP contribution is 2.30. The van der Waals surface area contributed by atoms with Crippen molar-refractivity contribution in [1.82, 2.24) is 4.98 Å². The molecular formula is C82H73N5O. The summed E-state index contributed by atoms with van der Waals surface area (Å²) in [6, 6.07) is 117. The van der Waals surface area contributed by atoms with Gasteiger partial charge in [0, 0.05) is 46.0 Å². The summed E-state index contributed by atoms with van der Waals surface area (Å²) in [5.41, 5.74) is 21.4. The van der Waals surface area contributed by atoms with E-state index in [-0.39, 0.29) is 5.41 Å². The smallest absolute Gasteiger partial charge is 0.130 e. The maximum Gasteiger partial charge on any atom is 0.130 e. The van der Waals surface area contributed by atoms with Crippen LogP contribution in [0.3, 0.4) is 0 Å². The van der Waals surface area contributed by atoms with Crippen molar-refractivity contribution in [3.8, 4) is 61.4 Å². The number of methoxy groups -OCH3 is 1. The second-order valence-electron chi connectivity index (χ2n) is 22.0. The zero-order valence-corrected chi connectivity index (χ0v) is 50.3. The van der Waals surface area contributed by atoms with Gasteiger partial charge >= 0.3 is 0 Å². The van der Waals surface area contributed by atoms with E-state index in [0.29, 0.717) is 0 Å². The Labute approximate surface area is 519 Å². The maximum absolute atomic E-state index is 5.16. The molecule has 0 aliphatic carbocycles. The Morgan fingerprint density at radius 3 is 0.705 bits per heavy atom. The summed E-state index contributed by atoms with van der Waals surface area (Å²) < 4.78 is 5.16. The third-order valence-corrected chi connectivity index (χ3v) is 14.6. The summed E-state index contributed by atoms with van der Waals surface area (Å²) in [4.78, 5) is 4.24. The molecule has 0 aliphatic heterocycles. The third-order valence-electron chi connectivity index (χ3n) is 14.6. The lowest BCUT2D eigenvalue weighted by molar-refractivity contribution is 0.415.